The molecule has 1 N–H and O–H groups in total. The number of aromatic amines is 1. The zero-order valence-electron chi connectivity index (χ0n) is 13.0. The molecule has 0 saturated carbocycles. The zero-order chi connectivity index (χ0) is 17.3. The Morgan fingerprint density at radius 2 is 2.00 bits per heavy atom. The Balaban J connectivity index is 1.78. The summed E-state index contributed by atoms with van der Waals surface area (Å²) in [6.07, 6.45) is 1.24. The number of aromatic nitrogens is 2. The minimum absolute atomic E-state index is 0.0698. The highest BCUT2D eigenvalue weighted by Crippen LogP contribution is 2.26. The van der Waals surface area contributed by atoms with Crippen molar-refractivity contribution >= 4 is 29.1 Å². The normalized spacial score (nSPS) is 14.8. The monoisotopic (exact) mass is 346 g/mol. The van der Waals surface area contributed by atoms with Gasteiger partial charge < -0.3 is 14.8 Å². The van der Waals surface area contributed by atoms with Crippen LogP contribution in [-0.4, -0.2) is 46.3 Å². The number of hydrogen-bond acceptors (Lipinski definition) is 4. The van der Waals surface area contributed by atoms with Gasteiger partial charge in [0.25, 0.3) is 11.5 Å². The molecule has 7 nitrogen and oxygen atoms in total. The molecule has 2 heterocycles. The summed E-state index contributed by atoms with van der Waals surface area (Å²) >= 11 is 6.13. The first-order valence-corrected chi connectivity index (χ1v) is 7.75. The highest BCUT2D eigenvalue weighted by atomic mass is 35.5. The van der Waals surface area contributed by atoms with Crippen LogP contribution < -0.4 is 10.5 Å². The Kier molecular flexibility index (Phi) is 4.35. The third kappa shape index (κ3) is 3.03. The molecule has 0 spiro atoms. The van der Waals surface area contributed by atoms with Crippen LogP contribution in [-0.2, 0) is 4.79 Å². The topological polar surface area (TPSA) is 86.4 Å². The molecule has 8 heteroatoms. The Hall–Kier alpha value is -2.67. The summed E-state index contributed by atoms with van der Waals surface area (Å²) in [6, 6.07) is 7.04. The SMILES string of the molecule is Cc1ncc(C(=O)N2CCN(c3ccccc3Cl)C(=O)C2)c(=O)[nH]1. The number of carbonyl (C=O) groups is 2. The molecule has 0 atom stereocenters. The van der Waals surface area contributed by atoms with E-state index in [1.54, 1.807) is 36.1 Å². The van der Waals surface area contributed by atoms with Crippen LogP contribution in [0, 0.1) is 6.92 Å². The predicted octanol–water partition coefficient (Wildman–Crippen LogP) is 1.22. The van der Waals surface area contributed by atoms with Gasteiger partial charge in [-0.25, -0.2) is 4.98 Å². The quantitative estimate of drug-likeness (QED) is 0.885. The molecule has 1 fully saturated rings. The van der Waals surface area contributed by atoms with E-state index < -0.39 is 11.5 Å². The Morgan fingerprint density at radius 3 is 2.67 bits per heavy atom. The number of hydrogen-bond donors (Lipinski definition) is 1. The minimum atomic E-state index is -0.506. The van der Waals surface area contributed by atoms with Crippen LogP contribution in [0.5, 0.6) is 0 Å². The number of carbonyl (C=O) groups excluding carboxylic acids is 2. The smallest absolute Gasteiger partial charge is 0.263 e. The van der Waals surface area contributed by atoms with Crippen molar-refractivity contribution in [2.24, 2.45) is 0 Å². The molecular formula is C16H15ClN4O3. The molecular weight excluding hydrogens is 332 g/mol. The summed E-state index contributed by atoms with van der Waals surface area (Å²) in [5.41, 5.74) is 0.0409. The van der Waals surface area contributed by atoms with Gasteiger partial charge in [-0.05, 0) is 19.1 Å². The molecule has 0 radical (unpaired) electrons. The van der Waals surface area contributed by atoms with Gasteiger partial charge in [0.2, 0.25) is 5.91 Å². The maximum Gasteiger partial charge on any atom is 0.263 e. The van der Waals surface area contributed by atoms with Crippen molar-refractivity contribution in [3.8, 4) is 0 Å². The average Bonchev–Trinajstić information content (AvgIpc) is 2.55. The molecule has 124 valence electrons. The van der Waals surface area contributed by atoms with Crippen LogP contribution >= 0.6 is 11.6 Å². The number of H-pyrrole nitrogens is 1. The maximum atomic E-state index is 12.5. The number of aryl methyl sites for hydroxylation is 1. The van der Waals surface area contributed by atoms with Gasteiger partial charge in [0, 0.05) is 19.3 Å². The molecule has 1 saturated heterocycles. The molecule has 0 aliphatic carbocycles. The lowest BCUT2D eigenvalue weighted by Crippen LogP contribution is -2.53. The summed E-state index contributed by atoms with van der Waals surface area (Å²) in [7, 11) is 0. The summed E-state index contributed by atoms with van der Waals surface area (Å²) in [6.45, 7) is 2.13. The van der Waals surface area contributed by atoms with E-state index in [1.165, 1.54) is 11.1 Å². The number of anilines is 1. The number of para-hydroxylation sites is 1. The molecule has 0 bridgehead atoms. The van der Waals surface area contributed by atoms with Gasteiger partial charge in [-0.1, -0.05) is 23.7 Å². The van der Waals surface area contributed by atoms with Gasteiger partial charge >= 0.3 is 0 Å². The molecule has 3 rings (SSSR count). The lowest BCUT2D eigenvalue weighted by molar-refractivity contribution is -0.120. The molecule has 0 unspecified atom stereocenters. The Morgan fingerprint density at radius 1 is 1.25 bits per heavy atom. The van der Waals surface area contributed by atoms with Crippen molar-refractivity contribution in [3.63, 3.8) is 0 Å². The molecule has 24 heavy (non-hydrogen) atoms. The van der Waals surface area contributed by atoms with E-state index >= 15 is 0 Å². The lowest BCUT2D eigenvalue weighted by atomic mass is 10.2. The van der Waals surface area contributed by atoms with E-state index in [1.807, 2.05) is 0 Å². The van der Waals surface area contributed by atoms with Crippen LogP contribution in [0.15, 0.2) is 35.3 Å². The van der Waals surface area contributed by atoms with E-state index in [9.17, 15) is 14.4 Å². The standard InChI is InChI=1S/C16H15ClN4O3/c1-10-18-8-11(15(23)19-10)16(24)20-6-7-21(14(22)9-20)13-5-3-2-4-12(13)17/h2-5,8H,6-7,9H2,1H3,(H,18,19,23). The number of halogens is 1. The number of nitrogens with zero attached hydrogens (tertiary/aromatic N) is 3. The average molecular weight is 347 g/mol. The second-order valence-electron chi connectivity index (χ2n) is 5.43. The van der Waals surface area contributed by atoms with Crippen LogP contribution in [0.1, 0.15) is 16.2 Å². The van der Waals surface area contributed by atoms with Crippen LogP contribution in [0.25, 0.3) is 0 Å². The van der Waals surface area contributed by atoms with Gasteiger partial charge in [0.05, 0.1) is 10.7 Å². The van der Waals surface area contributed by atoms with E-state index in [0.29, 0.717) is 29.6 Å². The zero-order valence-corrected chi connectivity index (χ0v) is 13.7. The highest BCUT2D eigenvalue weighted by molar-refractivity contribution is 6.33. The largest absolute Gasteiger partial charge is 0.327 e. The first-order chi connectivity index (χ1) is 11.5. The Bertz CT molecular complexity index is 864. The molecule has 2 amide bonds. The van der Waals surface area contributed by atoms with Crippen LogP contribution in [0.2, 0.25) is 5.02 Å². The first-order valence-electron chi connectivity index (χ1n) is 7.37. The van der Waals surface area contributed by atoms with Gasteiger partial charge in [-0.3, -0.25) is 14.4 Å². The van der Waals surface area contributed by atoms with Crippen molar-refractivity contribution in [2.45, 2.75) is 6.92 Å². The van der Waals surface area contributed by atoms with E-state index in [4.69, 9.17) is 11.6 Å². The summed E-state index contributed by atoms with van der Waals surface area (Å²) in [5.74, 6) is -0.328. The van der Waals surface area contributed by atoms with Crippen molar-refractivity contribution in [1.82, 2.24) is 14.9 Å². The second kappa shape index (κ2) is 6.45. The number of piperazine rings is 1. The highest BCUT2D eigenvalue weighted by Gasteiger charge is 2.30. The summed E-state index contributed by atoms with van der Waals surface area (Å²) in [5, 5.41) is 0.477. The molecule has 1 aromatic heterocycles. The van der Waals surface area contributed by atoms with Crippen molar-refractivity contribution in [2.75, 3.05) is 24.5 Å². The van der Waals surface area contributed by atoms with Gasteiger partial charge in [0.15, 0.2) is 0 Å². The van der Waals surface area contributed by atoms with E-state index in [0.717, 1.165) is 0 Å². The molecule has 1 aliphatic rings. The second-order valence-corrected chi connectivity index (χ2v) is 5.84. The van der Waals surface area contributed by atoms with E-state index in [2.05, 4.69) is 9.97 Å². The van der Waals surface area contributed by atoms with E-state index in [-0.39, 0.29) is 18.0 Å². The number of rotatable bonds is 2. The number of benzene rings is 1. The van der Waals surface area contributed by atoms with Gasteiger partial charge in [-0.15, -0.1) is 0 Å². The lowest BCUT2D eigenvalue weighted by Gasteiger charge is -2.34. The molecule has 1 aromatic carbocycles. The fourth-order valence-electron chi connectivity index (χ4n) is 2.58. The third-order valence-electron chi connectivity index (χ3n) is 3.81. The third-order valence-corrected chi connectivity index (χ3v) is 4.13. The molecule has 1 aliphatic heterocycles. The van der Waals surface area contributed by atoms with Gasteiger partial charge in [-0.2, -0.15) is 0 Å². The number of amides is 2. The predicted molar refractivity (Wildman–Crippen MR) is 89.3 cm³/mol. The first kappa shape index (κ1) is 16.2. The summed E-state index contributed by atoms with van der Waals surface area (Å²) < 4.78 is 0. The fourth-order valence-corrected chi connectivity index (χ4v) is 2.82. The maximum absolute atomic E-state index is 12.5. The van der Waals surface area contributed by atoms with Crippen LogP contribution in [0.3, 0.4) is 0 Å². The van der Waals surface area contributed by atoms with Crippen molar-refractivity contribution in [3.05, 3.63) is 57.2 Å². The minimum Gasteiger partial charge on any atom is -0.327 e. The fraction of sp³-hybridized carbons (Fsp3) is 0.250. The molecule has 2 aromatic rings. The Labute approximate surface area is 142 Å². The van der Waals surface area contributed by atoms with Gasteiger partial charge in [0.1, 0.15) is 17.9 Å². The number of nitrogens with one attached hydrogen (secondary N) is 1. The van der Waals surface area contributed by atoms with Crippen molar-refractivity contribution < 1.29 is 9.59 Å². The van der Waals surface area contributed by atoms with Crippen molar-refractivity contribution in [1.29, 1.82) is 0 Å². The summed E-state index contributed by atoms with van der Waals surface area (Å²) in [4.78, 5) is 46.0. The van der Waals surface area contributed by atoms with Crippen LogP contribution in [0.4, 0.5) is 5.69 Å².